The SMILES string of the molecule is O=C(COc1cccc(C(F)(F)F)c1)NNC(=O)Cc1c(F)cccc1Cl. The molecule has 2 N–H and O–H groups in total. The van der Waals surface area contributed by atoms with Gasteiger partial charge in [0.05, 0.1) is 12.0 Å². The standard InChI is InChI=1S/C17H13ClF4N2O3/c18-13-5-2-6-14(19)12(13)8-15(25)23-24-16(26)9-27-11-4-1-3-10(7-11)17(20,21)22/h1-7H,8-9H2,(H,23,25)(H,24,26). The van der Waals surface area contributed by atoms with Gasteiger partial charge in [-0.1, -0.05) is 23.7 Å². The third kappa shape index (κ3) is 6.14. The molecule has 2 aromatic rings. The molecule has 2 aromatic carbocycles. The molecule has 0 aliphatic heterocycles. The van der Waals surface area contributed by atoms with Crippen molar-refractivity contribution >= 4 is 23.4 Å². The van der Waals surface area contributed by atoms with E-state index in [-0.39, 0.29) is 16.3 Å². The average Bonchev–Trinajstić information content (AvgIpc) is 2.61. The third-order valence-electron chi connectivity index (χ3n) is 3.27. The van der Waals surface area contributed by atoms with Crippen LogP contribution in [0.5, 0.6) is 5.75 Å². The van der Waals surface area contributed by atoms with E-state index >= 15 is 0 Å². The predicted molar refractivity (Wildman–Crippen MR) is 88.3 cm³/mol. The number of hydrogen-bond acceptors (Lipinski definition) is 3. The van der Waals surface area contributed by atoms with Crippen LogP contribution in [0.25, 0.3) is 0 Å². The van der Waals surface area contributed by atoms with Gasteiger partial charge in [-0.25, -0.2) is 4.39 Å². The number of hydrogen-bond donors (Lipinski definition) is 2. The summed E-state index contributed by atoms with van der Waals surface area (Å²) in [5, 5.41) is 0.0596. The zero-order valence-electron chi connectivity index (χ0n) is 13.6. The van der Waals surface area contributed by atoms with Gasteiger partial charge in [-0.2, -0.15) is 13.2 Å². The molecule has 0 aliphatic carbocycles. The summed E-state index contributed by atoms with van der Waals surface area (Å²) in [5.41, 5.74) is 3.08. The number of hydrazine groups is 1. The first kappa shape index (κ1) is 20.5. The van der Waals surface area contributed by atoms with Crippen LogP contribution in [0, 0.1) is 5.82 Å². The molecule has 2 amide bonds. The van der Waals surface area contributed by atoms with Crippen molar-refractivity contribution in [3.63, 3.8) is 0 Å². The first-order chi connectivity index (χ1) is 12.7. The van der Waals surface area contributed by atoms with Crippen LogP contribution < -0.4 is 15.6 Å². The normalized spacial score (nSPS) is 11.0. The summed E-state index contributed by atoms with van der Waals surface area (Å²) in [7, 11) is 0. The Morgan fingerprint density at radius 2 is 1.70 bits per heavy atom. The Morgan fingerprint density at radius 3 is 2.37 bits per heavy atom. The molecule has 0 saturated heterocycles. The van der Waals surface area contributed by atoms with Crippen molar-refractivity contribution in [3.8, 4) is 5.75 Å². The quantitative estimate of drug-likeness (QED) is 0.594. The minimum Gasteiger partial charge on any atom is -0.484 e. The van der Waals surface area contributed by atoms with Gasteiger partial charge in [-0.15, -0.1) is 0 Å². The molecule has 144 valence electrons. The highest BCUT2D eigenvalue weighted by atomic mass is 35.5. The van der Waals surface area contributed by atoms with Crippen LogP contribution in [0.1, 0.15) is 11.1 Å². The number of ether oxygens (including phenoxy) is 1. The Balaban J connectivity index is 1.82. The predicted octanol–water partition coefficient (Wildman–Crippen LogP) is 3.27. The van der Waals surface area contributed by atoms with Gasteiger partial charge in [0.15, 0.2) is 6.61 Å². The van der Waals surface area contributed by atoms with Crippen molar-refractivity contribution in [1.82, 2.24) is 10.9 Å². The number of alkyl halides is 3. The summed E-state index contributed by atoms with van der Waals surface area (Å²) in [6, 6.07) is 7.92. The molecule has 10 heteroatoms. The molecule has 0 unspecified atom stereocenters. The van der Waals surface area contributed by atoms with Gasteiger partial charge in [0.25, 0.3) is 5.91 Å². The molecule has 2 rings (SSSR count). The van der Waals surface area contributed by atoms with Crippen LogP contribution in [0.2, 0.25) is 5.02 Å². The molecule has 0 aliphatic rings. The van der Waals surface area contributed by atoms with Gasteiger partial charge in [0.1, 0.15) is 11.6 Å². The van der Waals surface area contributed by atoms with Crippen molar-refractivity contribution in [2.45, 2.75) is 12.6 Å². The van der Waals surface area contributed by atoms with Gasteiger partial charge < -0.3 is 4.74 Å². The van der Waals surface area contributed by atoms with E-state index in [0.29, 0.717) is 0 Å². The molecule has 0 fully saturated rings. The Labute approximate surface area is 156 Å². The van der Waals surface area contributed by atoms with E-state index in [4.69, 9.17) is 16.3 Å². The molecule has 0 spiro atoms. The highest BCUT2D eigenvalue weighted by Gasteiger charge is 2.30. The van der Waals surface area contributed by atoms with Gasteiger partial charge >= 0.3 is 6.18 Å². The molecule has 5 nitrogen and oxygen atoms in total. The van der Waals surface area contributed by atoms with Crippen molar-refractivity contribution in [2.75, 3.05) is 6.61 Å². The lowest BCUT2D eigenvalue weighted by Gasteiger charge is -2.11. The van der Waals surface area contributed by atoms with E-state index in [1.807, 2.05) is 10.9 Å². The second-order valence-electron chi connectivity index (χ2n) is 5.29. The second kappa shape index (κ2) is 8.72. The molecule has 27 heavy (non-hydrogen) atoms. The molecule has 0 bridgehead atoms. The van der Waals surface area contributed by atoms with Crippen LogP contribution in [-0.4, -0.2) is 18.4 Å². The van der Waals surface area contributed by atoms with Gasteiger partial charge in [-0.05, 0) is 30.3 Å². The van der Waals surface area contributed by atoms with Gasteiger partial charge in [0.2, 0.25) is 5.91 Å². The average molecular weight is 405 g/mol. The van der Waals surface area contributed by atoms with Crippen molar-refractivity contribution < 1.29 is 31.9 Å². The van der Waals surface area contributed by atoms with E-state index in [2.05, 4.69) is 0 Å². The molecular formula is C17H13ClF4N2O3. The summed E-state index contributed by atoms with van der Waals surface area (Å²) in [4.78, 5) is 23.3. The molecule has 0 heterocycles. The minimum absolute atomic E-state index is 0.0360. The zero-order chi connectivity index (χ0) is 20.0. The number of halogens is 5. The van der Waals surface area contributed by atoms with E-state index < -0.39 is 42.4 Å². The molecule has 0 saturated carbocycles. The molecular weight excluding hydrogens is 392 g/mol. The lowest BCUT2D eigenvalue weighted by Crippen LogP contribution is -2.44. The van der Waals surface area contributed by atoms with Crippen molar-refractivity contribution in [1.29, 1.82) is 0 Å². The van der Waals surface area contributed by atoms with E-state index in [9.17, 15) is 27.2 Å². The monoisotopic (exact) mass is 404 g/mol. The lowest BCUT2D eigenvalue weighted by molar-refractivity contribution is -0.137. The Morgan fingerprint density at radius 1 is 1.04 bits per heavy atom. The summed E-state index contributed by atoms with van der Waals surface area (Å²) >= 11 is 5.79. The van der Waals surface area contributed by atoms with Crippen molar-refractivity contribution in [2.24, 2.45) is 0 Å². The maximum Gasteiger partial charge on any atom is 0.416 e. The minimum atomic E-state index is -4.54. The number of rotatable bonds is 5. The Bertz CT molecular complexity index is 823. The fraction of sp³-hybridized carbons (Fsp3) is 0.176. The Hall–Kier alpha value is -2.81. The molecule has 0 atom stereocenters. The lowest BCUT2D eigenvalue weighted by atomic mass is 10.1. The number of carbonyl (C=O) groups is 2. The first-order valence-corrected chi connectivity index (χ1v) is 7.85. The van der Waals surface area contributed by atoms with Crippen LogP contribution >= 0.6 is 11.6 Å². The highest BCUT2D eigenvalue weighted by Crippen LogP contribution is 2.31. The third-order valence-corrected chi connectivity index (χ3v) is 3.63. The topological polar surface area (TPSA) is 67.4 Å². The van der Waals surface area contributed by atoms with E-state index in [1.54, 1.807) is 0 Å². The summed E-state index contributed by atoms with van der Waals surface area (Å²) in [5.74, 6) is -2.39. The van der Waals surface area contributed by atoms with Crippen LogP contribution in [0.15, 0.2) is 42.5 Å². The number of benzene rings is 2. The van der Waals surface area contributed by atoms with Crippen LogP contribution in [0.4, 0.5) is 17.6 Å². The summed E-state index contributed by atoms with van der Waals surface area (Å²) in [6.45, 7) is -0.637. The zero-order valence-corrected chi connectivity index (χ0v) is 14.3. The summed E-state index contributed by atoms with van der Waals surface area (Å²) in [6.07, 6.45) is -4.95. The fourth-order valence-electron chi connectivity index (χ4n) is 1.99. The second-order valence-corrected chi connectivity index (χ2v) is 5.69. The highest BCUT2D eigenvalue weighted by molar-refractivity contribution is 6.31. The number of carbonyl (C=O) groups excluding carboxylic acids is 2. The smallest absolute Gasteiger partial charge is 0.416 e. The van der Waals surface area contributed by atoms with Crippen LogP contribution in [0.3, 0.4) is 0 Å². The van der Waals surface area contributed by atoms with Gasteiger partial charge in [-0.3, -0.25) is 20.4 Å². The summed E-state index contributed by atoms with van der Waals surface area (Å²) < 4.78 is 56.3. The van der Waals surface area contributed by atoms with E-state index in [0.717, 1.165) is 24.3 Å². The van der Waals surface area contributed by atoms with Crippen molar-refractivity contribution in [3.05, 3.63) is 64.4 Å². The Kier molecular flexibility index (Phi) is 6.62. The fourth-order valence-corrected chi connectivity index (χ4v) is 2.22. The maximum absolute atomic E-state index is 13.6. The van der Waals surface area contributed by atoms with E-state index in [1.165, 1.54) is 18.2 Å². The molecule has 0 aromatic heterocycles. The van der Waals surface area contributed by atoms with Crippen LogP contribution in [-0.2, 0) is 22.2 Å². The maximum atomic E-state index is 13.6. The number of nitrogens with one attached hydrogen (secondary N) is 2. The number of amides is 2. The molecule has 0 radical (unpaired) electrons. The van der Waals surface area contributed by atoms with Gasteiger partial charge in [0, 0.05) is 10.6 Å². The largest absolute Gasteiger partial charge is 0.484 e. The first-order valence-electron chi connectivity index (χ1n) is 7.47.